The van der Waals surface area contributed by atoms with E-state index in [1.165, 1.54) is 0 Å². The van der Waals surface area contributed by atoms with Crippen LogP contribution in [0.4, 0.5) is 5.69 Å². The summed E-state index contributed by atoms with van der Waals surface area (Å²) in [4.78, 5) is 29.0. The van der Waals surface area contributed by atoms with Crippen molar-refractivity contribution in [1.29, 1.82) is 0 Å². The lowest BCUT2D eigenvalue weighted by Crippen LogP contribution is -2.25. The third-order valence-electron chi connectivity index (χ3n) is 5.38. The molecule has 32 heavy (non-hydrogen) atoms. The highest BCUT2D eigenvalue weighted by Crippen LogP contribution is 2.32. The zero-order valence-electron chi connectivity index (χ0n) is 17.4. The Morgan fingerprint density at radius 1 is 0.938 bits per heavy atom. The molecule has 2 heterocycles. The Labute approximate surface area is 184 Å². The van der Waals surface area contributed by atoms with E-state index >= 15 is 0 Å². The number of hydrogen-bond donors (Lipinski definition) is 3. The summed E-state index contributed by atoms with van der Waals surface area (Å²) in [6, 6.07) is 20.3. The van der Waals surface area contributed by atoms with Crippen LogP contribution in [0, 0.1) is 6.92 Å². The summed E-state index contributed by atoms with van der Waals surface area (Å²) in [7, 11) is 0. The summed E-state index contributed by atoms with van der Waals surface area (Å²) in [5.41, 5.74) is 3.98. The number of carbonyl (C=O) groups is 2. The van der Waals surface area contributed by atoms with E-state index < -0.39 is 0 Å². The van der Waals surface area contributed by atoms with Crippen molar-refractivity contribution in [2.75, 3.05) is 12.1 Å². The maximum atomic E-state index is 13.1. The van der Waals surface area contributed by atoms with Crippen LogP contribution in [0.15, 0.2) is 66.7 Å². The Morgan fingerprint density at radius 3 is 2.56 bits per heavy atom. The van der Waals surface area contributed by atoms with Gasteiger partial charge >= 0.3 is 0 Å². The molecule has 5 rings (SSSR count). The lowest BCUT2D eigenvalue weighted by molar-refractivity contribution is 0.0947. The van der Waals surface area contributed by atoms with Crippen LogP contribution >= 0.6 is 0 Å². The zero-order chi connectivity index (χ0) is 22.1. The second kappa shape index (κ2) is 8.11. The van der Waals surface area contributed by atoms with Gasteiger partial charge in [-0.05, 0) is 42.8 Å². The van der Waals surface area contributed by atoms with E-state index in [9.17, 15) is 9.59 Å². The molecule has 0 spiro atoms. The Morgan fingerprint density at radius 2 is 1.72 bits per heavy atom. The van der Waals surface area contributed by atoms with Crippen molar-refractivity contribution in [1.82, 2.24) is 10.3 Å². The van der Waals surface area contributed by atoms with Crippen LogP contribution in [0.1, 0.15) is 32.0 Å². The number of aromatic amines is 1. The predicted octanol–water partition coefficient (Wildman–Crippen LogP) is 4.39. The number of ether oxygens (including phenoxy) is 2. The van der Waals surface area contributed by atoms with Crippen LogP contribution < -0.4 is 20.1 Å². The molecule has 7 heteroatoms. The minimum atomic E-state index is -0.321. The number of rotatable bonds is 5. The lowest BCUT2D eigenvalue weighted by atomic mass is 10.1. The number of aryl methyl sites for hydroxylation is 1. The van der Waals surface area contributed by atoms with Crippen molar-refractivity contribution in [3.05, 3.63) is 89.1 Å². The van der Waals surface area contributed by atoms with Gasteiger partial charge in [-0.15, -0.1) is 0 Å². The molecule has 0 aliphatic carbocycles. The van der Waals surface area contributed by atoms with Gasteiger partial charge in [0.1, 0.15) is 5.69 Å². The fourth-order valence-corrected chi connectivity index (χ4v) is 3.65. The van der Waals surface area contributed by atoms with Crippen LogP contribution in [0.3, 0.4) is 0 Å². The van der Waals surface area contributed by atoms with Gasteiger partial charge in [-0.3, -0.25) is 9.59 Å². The Bertz CT molecular complexity index is 1330. The highest BCUT2D eigenvalue weighted by atomic mass is 16.7. The summed E-state index contributed by atoms with van der Waals surface area (Å²) in [6.07, 6.45) is 0. The number of aromatic nitrogens is 1. The highest BCUT2D eigenvalue weighted by molar-refractivity contribution is 6.15. The molecule has 0 radical (unpaired) electrons. The van der Waals surface area contributed by atoms with Crippen LogP contribution in [0.2, 0.25) is 0 Å². The van der Waals surface area contributed by atoms with Gasteiger partial charge in [0.25, 0.3) is 11.8 Å². The first kappa shape index (κ1) is 19.7. The maximum absolute atomic E-state index is 13.1. The van der Waals surface area contributed by atoms with Crippen molar-refractivity contribution < 1.29 is 19.1 Å². The van der Waals surface area contributed by atoms with E-state index in [4.69, 9.17) is 9.47 Å². The average Bonchev–Trinajstić information content (AvgIpc) is 3.42. The maximum Gasteiger partial charge on any atom is 0.270 e. The van der Waals surface area contributed by atoms with Gasteiger partial charge in [0, 0.05) is 23.0 Å². The second-order valence-electron chi connectivity index (χ2n) is 7.61. The first-order valence-corrected chi connectivity index (χ1v) is 10.2. The van der Waals surface area contributed by atoms with Gasteiger partial charge in [0.2, 0.25) is 6.79 Å². The molecule has 1 aromatic heterocycles. The SMILES string of the molecule is Cc1ccc(C(=O)Nc2c(C(=O)NCc3ccc4c(c3)OCO4)[nH]c3ccccc23)cc1. The van der Waals surface area contributed by atoms with Crippen molar-refractivity contribution in [3.63, 3.8) is 0 Å². The number of amides is 2. The van der Waals surface area contributed by atoms with E-state index in [2.05, 4.69) is 15.6 Å². The van der Waals surface area contributed by atoms with E-state index in [1.54, 1.807) is 12.1 Å². The van der Waals surface area contributed by atoms with E-state index in [-0.39, 0.29) is 18.6 Å². The highest BCUT2D eigenvalue weighted by Gasteiger charge is 2.20. The number of carbonyl (C=O) groups excluding carboxylic acids is 2. The molecule has 1 aliphatic rings. The second-order valence-corrected chi connectivity index (χ2v) is 7.61. The van der Waals surface area contributed by atoms with Crippen LogP contribution in [0.5, 0.6) is 11.5 Å². The molecule has 3 aromatic carbocycles. The molecule has 2 amide bonds. The van der Waals surface area contributed by atoms with Gasteiger partial charge in [-0.1, -0.05) is 42.0 Å². The van der Waals surface area contributed by atoms with Crippen LogP contribution in [0.25, 0.3) is 10.9 Å². The summed E-state index contributed by atoms with van der Waals surface area (Å²) in [5, 5.41) is 6.59. The first-order chi connectivity index (χ1) is 15.6. The molecule has 0 saturated carbocycles. The number of H-pyrrole nitrogens is 1. The average molecular weight is 427 g/mol. The molecular formula is C25H21N3O4. The number of para-hydroxylation sites is 1. The fraction of sp³-hybridized carbons (Fsp3) is 0.120. The number of nitrogens with one attached hydrogen (secondary N) is 3. The first-order valence-electron chi connectivity index (χ1n) is 10.2. The lowest BCUT2D eigenvalue weighted by Gasteiger charge is -2.09. The standard InChI is InChI=1S/C25H21N3O4/c1-15-6-9-17(10-7-15)24(29)28-22-18-4-2-3-5-19(18)27-23(22)25(30)26-13-16-8-11-20-21(12-16)32-14-31-20/h2-12,27H,13-14H2,1H3,(H,26,30)(H,28,29). The molecule has 1 aliphatic heterocycles. The molecular weight excluding hydrogens is 406 g/mol. The van der Waals surface area contributed by atoms with Gasteiger partial charge in [-0.25, -0.2) is 0 Å². The van der Waals surface area contributed by atoms with Crippen molar-refractivity contribution >= 4 is 28.4 Å². The van der Waals surface area contributed by atoms with Gasteiger partial charge in [0.15, 0.2) is 11.5 Å². The minimum Gasteiger partial charge on any atom is -0.454 e. The summed E-state index contributed by atoms with van der Waals surface area (Å²) >= 11 is 0. The van der Waals surface area contributed by atoms with E-state index in [1.807, 2.05) is 61.5 Å². The third-order valence-corrected chi connectivity index (χ3v) is 5.38. The predicted molar refractivity (Wildman–Crippen MR) is 121 cm³/mol. The summed E-state index contributed by atoms with van der Waals surface area (Å²) in [5.74, 6) is 0.753. The zero-order valence-corrected chi connectivity index (χ0v) is 17.4. The fourth-order valence-electron chi connectivity index (χ4n) is 3.65. The normalized spacial score (nSPS) is 12.0. The van der Waals surface area contributed by atoms with Crippen LogP contribution in [-0.2, 0) is 6.54 Å². The molecule has 0 bridgehead atoms. The molecule has 3 N–H and O–H groups in total. The Hall–Kier alpha value is -4.26. The summed E-state index contributed by atoms with van der Waals surface area (Å²) < 4.78 is 10.7. The minimum absolute atomic E-state index is 0.199. The molecule has 0 fully saturated rings. The number of fused-ring (bicyclic) bond motifs is 2. The van der Waals surface area contributed by atoms with Gasteiger partial charge < -0.3 is 25.1 Å². The smallest absolute Gasteiger partial charge is 0.270 e. The summed E-state index contributed by atoms with van der Waals surface area (Å²) in [6.45, 7) is 2.46. The topological polar surface area (TPSA) is 92.5 Å². The van der Waals surface area contributed by atoms with Crippen molar-refractivity contribution in [2.45, 2.75) is 13.5 Å². The van der Waals surface area contributed by atoms with Gasteiger partial charge in [-0.2, -0.15) is 0 Å². The molecule has 4 aromatic rings. The van der Waals surface area contributed by atoms with E-state index in [0.29, 0.717) is 35.0 Å². The number of anilines is 1. The van der Waals surface area contributed by atoms with Crippen molar-refractivity contribution in [2.24, 2.45) is 0 Å². The van der Waals surface area contributed by atoms with Crippen LogP contribution in [-0.4, -0.2) is 23.6 Å². The molecule has 0 unspecified atom stereocenters. The quantitative estimate of drug-likeness (QED) is 0.441. The molecule has 160 valence electrons. The number of hydrogen-bond acceptors (Lipinski definition) is 4. The Balaban J connectivity index is 1.39. The molecule has 0 atom stereocenters. The monoisotopic (exact) mass is 427 g/mol. The largest absolute Gasteiger partial charge is 0.454 e. The number of benzene rings is 3. The van der Waals surface area contributed by atoms with E-state index in [0.717, 1.165) is 22.0 Å². The Kier molecular flexibility index (Phi) is 4.99. The molecule has 7 nitrogen and oxygen atoms in total. The van der Waals surface area contributed by atoms with Crippen molar-refractivity contribution in [3.8, 4) is 11.5 Å². The third kappa shape index (κ3) is 3.76. The molecule has 0 saturated heterocycles. The van der Waals surface area contributed by atoms with Gasteiger partial charge in [0.05, 0.1) is 5.69 Å².